The van der Waals surface area contributed by atoms with E-state index < -0.39 is 0 Å². The maximum absolute atomic E-state index is 12.6. The van der Waals surface area contributed by atoms with Gasteiger partial charge in [-0.1, -0.05) is 12.8 Å². The molecule has 4 rings (SSSR count). The number of carbonyl (C=O) groups is 1. The lowest BCUT2D eigenvalue weighted by molar-refractivity contribution is -0.133. The van der Waals surface area contributed by atoms with E-state index in [2.05, 4.69) is 10.2 Å². The lowest BCUT2D eigenvalue weighted by atomic mass is 9.95. The van der Waals surface area contributed by atoms with Crippen molar-refractivity contribution in [3.8, 4) is 0 Å². The van der Waals surface area contributed by atoms with Crippen molar-refractivity contribution < 1.29 is 4.79 Å². The summed E-state index contributed by atoms with van der Waals surface area (Å²) in [6, 6.07) is 2.12. The van der Waals surface area contributed by atoms with E-state index in [1.54, 1.807) is 24.1 Å². The number of amides is 1. The summed E-state index contributed by atoms with van der Waals surface area (Å²) in [6.45, 7) is 1.70. The third kappa shape index (κ3) is 3.20. The van der Waals surface area contributed by atoms with Crippen LogP contribution in [0.3, 0.4) is 0 Å². The maximum atomic E-state index is 12.6. The van der Waals surface area contributed by atoms with Crippen LogP contribution in [0.5, 0.6) is 0 Å². The Morgan fingerprint density at radius 3 is 2.58 bits per heavy atom. The number of piperidine rings is 1. The van der Waals surface area contributed by atoms with Crippen molar-refractivity contribution in [2.75, 3.05) is 13.1 Å². The van der Waals surface area contributed by atoms with Crippen LogP contribution < -0.4 is 5.69 Å². The molecule has 2 fully saturated rings. The third-order valence-corrected chi connectivity index (χ3v) is 5.74. The van der Waals surface area contributed by atoms with Crippen LogP contribution in [0.4, 0.5) is 0 Å². The van der Waals surface area contributed by atoms with Crippen LogP contribution in [0.2, 0.25) is 0 Å². The Bertz CT molecular complexity index is 807. The van der Waals surface area contributed by atoms with Gasteiger partial charge in [-0.2, -0.15) is 10.2 Å². The topological polar surface area (TPSA) is 78.0 Å². The zero-order valence-electron chi connectivity index (χ0n) is 15.3. The van der Waals surface area contributed by atoms with Gasteiger partial charge in [0, 0.05) is 44.5 Å². The summed E-state index contributed by atoms with van der Waals surface area (Å²) in [7, 11) is 1.74. The molecule has 8 heteroatoms. The standard InChI is InChI=1S/C18H26N6O2/c1-21-18(26)24(15-5-2-3-6-15)17(20-21)14-7-11-22(12-8-14)16(25)13-23-10-4-9-19-23/h4,9-10,14-15H,2-3,5-8,11-13H2,1H3. The normalized spacial score (nSPS) is 19.3. The van der Waals surface area contributed by atoms with Crippen molar-refractivity contribution in [1.82, 2.24) is 29.0 Å². The minimum Gasteiger partial charge on any atom is -0.341 e. The molecule has 2 aromatic heterocycles. The molecule has 0 bridgehead atoms. The van der Waals surface area contributed by atoms with Crippen molar-refractivity contribution in [3.05, 3.63) is 34.8 Å². The number of nitrogens with zero attached hydrogens (tertiary/aromatic N) is 6. The van der Waals surface area contributed by atoms with Gasteiger partial charge in [-0.25, -0.2) is 9.48 Å². The molecule has 1 aliphatic carbocycles. The van der Waals surface area contributed by atoms with E-state index in [1.807, 2.05) is 15.5 Å². The summed E-state index contributed by atoms with van der Waals surface area (Å²) in [6.07, 6.45) is 9.71. The van der Waals surface area contributed by atoms with E-state index >= 15 is 0 Å². The highest BCUT2D eigenvalue weighted by molar-refractivity contribution is 5.76. The van der Waals surface area contributed by atoms with Gasteiger partial charge in [-0.15, -0.1) is 0 Å². The van der Waals surface area contributed by atoms with Gasteiger partial charge in [0.15, 0.2) is 0 Å². The molecule has 0 N–H and O–H groups in total. The Morgan fingerprint density at radius 1 is 1.19 bits per heavy atom. The highest BCUT2D eigenvalue weighted by atomic mass is 16.2. The number of hydrogen-bond acceptors (Lipinski definition) is 4. The molecule has 140 valence electrons. The van der Waals surface area contributed by atoms with Crippen molar-refractivity contribution >= 4 is 5.91 Å². The summed E-state index contributed by atoms with van der Waals surface area (Å²) in [5, 5.41) is 8.66. The molecule has 0 atom stereocenters. The highest BCUT2D eigenvalue weighted by Crippen LogP contribution is 2.33. The predicted octanol–water partition coefficient (Wildman–Crippen LogP) is 1.30. The Labute approximate surface area is 152 Å². The van der Waals surface area contributed by atoms with Gasteiger partial charge < -0.3 is 4.90 Å². The van der Waals surface area contributed by atoms with E-state index in [0.29, 0.717) is 19.1 Å². The number of likely N-dealkylation sites (tertiary alicyclic amines) is 1. The Hall–Kier alpha value is -2.38. The molecular weight excluding hydrogens is 332 g/mol. The van der Waals surface area contributed by atoms with Crippen LogP contribution in [0.15, 0.2) is 23.3 Å². The minimum atomic E-state index is 0.00379. The van der Waals surface area contributed by atoms with Gasteiger partial charge in [-0.3, -0.25) is 14.0 Å². The number of rotatable bonds is 4. The average molecular weight is 358 g/mol. The van der Waals surface area contributed by atoms with E-state index in [-0.39, 0.29) is 24.1 Å². The zero-order valence-corrected chi connectivity index (χ0v) is 15.3. The van der Waals surface area contributed by atoms with Gasteiger partial charge in [0.2, 0.25) is 5.91 Å². The van der Waals surface area contributed by atoms with E-state index in [0.717, 1.165) is 31.5 Å². The minimum absolute atomic E-state index is 0.00379. The monoisotopic (exact) mass is 358 g/mol. The first-order valence-corrected chi connectivity index (χ1v) is 9.54. The summed E-state index contributed by atoms with van der Waals surface area (Å²) in [5.74, 6) is 1.27. The van der Waals surface area contributed by atoms with Crippen LogP contribution in [0.25, 0.3) is 0 Å². The second-order valence-electron chi connectivity index (χ2n) is 7.43. The summed E-state index contributed by atoms with van der Waals surface area (Å²) < 4.78 is 5.08. The molecule has 1 saturated carbocycles. The maximum Gasteiger partial charge on any atom is 0.345 e. The van der Waals surface area contributed by atoms with Crippen molar-refractivity contribution in [2.24, 2.45) is 7.05 Å². The highest BCUT2D eigenvalue weighted by Gasteiger charge is 2.31. The summed E-state index contributed by atoms with van der Waals surface area (Å²) in [4.78, 5) is 26.9. The molecular formula is C18H26N6O2. The van der Waals surface area contributed by atoms with E-state index in [1.165, 1.54) is 17.5 Å². The Balaban J connectivity index is 1.44. The van der Waals surface area contributed by atoms with Gasteiger partial charge in [0.1, 0.15) is 12.4 Å². The third-order valence-electron chi connectivity index (χ3n) is 5.74. The fraction of sp³-hybridized carbons (Fsp3) is 0.667. The second kappa shape index (κ2) is 7.09. The predicted molar refractivity (Wildman–Crippen MR) is 95.8 cm³/mol. The molecule has 0 radical (unpaired) electrons. The molecule has 3 heterocycles. The molecule has 0 spiro atoms. The van der Waals surface area contributed by atoms with Crippen molar-refractivity contribution in [3.63, 3.8) is 0 Å². The summed E-state index contributed by atoms with van der Waals surface area (Å²) >= 11 is 0. The van der Waals surface area contributed by atoms with Crippen LogP contribution in [-0.2, 0) is 18.4 Å². The number of hydrogen-bond donors (Lipinski definition) is 0. The smallest absolute Gasteiger partial charge is 0.341 e. The van der Waals surface area contributed by atoms with Crippen LogP contribution in [0.1, 0.15) is 56.3 Å². The molecule has 1 saturated heterocycles. The SMILES string of the molecule is Cn1nc(C2CCN(C(=O)Cn3cccn3)CC2)n(C2CCCC2)c1=O. The molecule has 1 amide bonds. The number of aromatic nitrogens is 5. The first-order valence-electron chi connectivity index (χ1n) is 9.54. The van der Waals surface area contributed by atoms with E-state index in [4.69, 9.17) is 0 Å². The van der Waals surface area contributed by atoms with Crippen molar-refractivity contribution in [1.29, 1.82) is 0 Å². The Morgan fingerprint density at radius 2 is 1.92 bits per heavy atom. The zero-order chi connectivity index (χ0) is 18.1. The van der Waals surface area contributed by atoms with Crippen LogP contribution >= 0.6 is 0 Å². The molecule has 26 heavy (non-hydrogen) atoms. The molecule has 8 nitrogen and oxygen atoms in total. The molecule has 0 unspecified atom stereocenters. The number of aryl methyl sites for hydroxylation is 1. The first kappa shape index (κ1) is 17.1. The van der Waals surface area contributed by atoms with Crippen LogP contribution in [-0.4, -0.2) is 48.0 Å². The average Bonchev–Trinajstić information content (AvgIpc) is 3.39. The van der Waals surface area contributed by atoms with Crippen LogP contribution in [0, 0.1) is 0 Å². The lowest BCUT2D eigenvalue weighted by Gasteiger charge is -2.32. The van der Waals surface area contributed by atoms with Crippen molar-refractivity contribution in [2.45, 2.75) is 57.0 Å². The largest absolute Gasteiger partial charge is 0.345 e. The molecule has 2 aromatic rings. The van der Waals surface area contributed by atoms with Gasteiger partial charge in [0.05, 0.1) is 0 Å². The fourth-order valence-electron chi connectivity index (χ4n) is 4.30. The van der Waals surface area contributed by atoms with Gasteiger partial charge in [-0.05, 0) is 31.7 Å². The first-order chi connectivity index (χ1) is 12.6. The second-order valence-corrected chi connectivity index (χ2v) is 7.43. The van der Waals surface area contributed by atoms with Gasteiger partial charge in [0.25, 0.3) is 0 Å². The lowest BCUT2D eigenvalue weighted by Crippen LogP contribution is -2.40. The quantitative estimate of drug-likeness (QED) is 0.825. The number of carbonyl (C=O) groups excluding carboxylic acids is 1. The fourth-order valence-corrected chi connectivity index (χ4v) is 4.30. The molecule has 0 aromatic carbocycles. The Kier molecular flexibility index (Phi) is 4.65. The van der Waals surface area contributed by atoms with Gasteiger partial charge >= 0.3 is 5.69 Å². The molecule has 2 aliphatic rings. The molecule has 1 aliphatic heterocycles. The van der Waals surface area contributed by atoms with E-state index in [9.17, 15) is 9.59 Å². The summed E-state index contributed by atoms with van der Waals surface area (Å²) in [5.41, 5.74) is 0.00379.